The zero-order chi connectivity index (χ0) is 22.8. The average molecular weight is 470 g/mol. The molecule has 0 saturated carbocycles. The molecule has 0 radical (unpaired) electrons. The van der Waals surface area contributed by atoms with Crippen LogP contribution in [0.25, 0.3) is 11.6 Å². The van der Waals surface area contributed by atoms with Crippen molar-refractivity contribution >= 4 is 46.4 Å². The van der Waals surface area contributed by atoms with Crippen molar-refractivity contribution in [1.29, 1.82) is 0 Å². The molecule has 164 valence electrons. The Labute approximate surface area is 197 Å². The quantitative estimate of drug-likeness (QED) is 0.355. The van der Waals surface area contributed by atoms with E-state index in [0.29, 0.717) is 39.4 Å². The van der Waals surface area contributed by atoms with Gasteiger partial charge in [-0.2, -0.15) is 0 Å². The minimum Gasteiger partial charge on any atom is -0.486 e. The summed E-state index contributed by atoms with van der Waals surface area (Å²) in [5, 5.41) is 0.674. The zero-order valence-electron chi connectivity index (χ0n) is 17.7. The van der Waals surface area contributed by atoms with Crippen molar-refractivity contribution in [2.24, 2.45) is 5.92 Å². The van der Waals surface area contributed by atoms with Gasteiger partial charge in [0.15, 0.2) is 5.75 Å². The van der Waals surface area contributed by atoms with Crippen molar-refractivity contribution in [2.45, 2.75) is 20.5 Å². The number of benzene rings is 3. The first kappa shape index (κ1) is 22.4. The molecule has 0 atom stereocenters. The smallest absolute Gasteiger partial charge is 0.259 e. The Balaban J connectivity index is 1.62. The van der Waals surface area contributed by atoms with Gasteiger partial charge in [-0.05, 0) is 53.5 Å². The van der Waals surface area contributed by atoms with E-state index in [0.717, 1.165) is 16.8 Å². The Bertz CT molecular complexity index is 1170. The summed E-state index contributed by atoms with van der Waals surface area (Å²) in [7, 11) is 0. The number of carbonyl (C=O) groups is 1. The number of carbonyl (C=O) groups excluding carboxylic acids is 1. The van der Waals surface area contributed by atoms with E-state index in [1.54, 1.807) is 24.3 Å². The van der Waals surface area contributed by atoms with E-state index >= 15 is 0 Å². The van der Waals surface area contributed by atoms with Gasteiger partial charge in [0.1, 0.15) is 12.4 Å². The molecule has 0 saturated heterocycles. The Kier molecular flexibility index (Phi) is 6.54. The number of ether oxygens (including phenoxy) is 1. The van der Waals surface area contributed by atoms with E-state index in [1.165, 1.54) is 12.1 Å². The molecule has 1 heterocycles. The molecule has 3 aromatic carbocycles. The van der Waals surface area contributed by atoms with Gasteiger partial charge < -0.3 is 9.64 Å². The van der Waals surface area contributed by atoms with Crippen LogP contribution >= 0.6 is 23.2 Å². The summed E-state index contributed by atoms with van der Waals surface area (Å²) in [6.45, 7) is 5.02. The number of para-hydroxylation sites is 1. The fourth-order valence-electron chi connectivity index (χ4n) is 3.70. The molecule has 0 N–H and O–H groups in total. The first-order valence-corrected chi connectivity index (χ1v) is 11.1. The lowest BCUT2D eigenvalue weighted by Gasteiger charge is -2.19. The van der Waals surface area contributed by atoms with Crippen LogP contribution in [-0.4, -0.2) is 12.5 Å². The van der Waals surface area contributed by atoms with E-state index in [-0.39, 0.29) is 18.3 Å². The lowest BCUT2D eigenvalue weighted by atomic mass is 10.0. The van der Waals surface area contributed by atoms with Crippen LogP contribution in [0.2, 0.25) is 10.0 Å². The van der Waals surface area contributed by atoms with Crippen LogP contribution in [0.1, 0.15) is 30.5 Å². The summed E-state index contributed by atoms with van der Waals surface area (Å²) >= 11 is 12.9. The van der Waals surface area contributed by atoms with Crippen LogP contribution in [0.5, 0.6) is 5.75 Å². The second-order valence-corrected chi connectivity index (χ2v) is 8.93. The van der Waals surface area contributed by atoms with Gasteiger partial charge in [-0.3, -0.25) is 4.79 Å². The van der Waals surface area contributed by atoms with Crippen molar-refractivity contribution in [3.8, 4) is 5.75 Å². The summed E-state index contributed by atoms with van der Waals surface area (Å²) < 4.78 is 18.9. The highest BCUT2D eigenvalue weighted by atomic mass is 35.5. The number of rotatable bonds is 6. The molecule has 3 aromatic rings. The average Bonchev–Trinajstić information content (AvgIpc) is 3.00. The van der Waals surface area contributed by atoms with Gasteiger partial charge in [0, 0.05) is 17.7 Å². The van der Waals surface area contributed by atoms with Crippen molar-refractivity contribution in [3.05, 3.63) is 93.2 Å². The Morgan fingerprint density at radius 2 is 1.69 bits per heavy atom. The van der Waals surface area contributed by atoms with Gasteiger partial charge in [0.05, 0.1) is 15.7 Å². The summed E-state index contributed by atoms with van der Waals surface area (Å²) in [6, 6.07) is 17.2. The molecule has 0 unspecified atom stereocenters. The largest absolute Gasteiger partial charge is 0.486 e. The van der Waals surface area contributed by atoms with Crippen molar-refractivity contribution in [3.63, 3.8) is 0 Å². The van der Waals surface area contributed by atoms with E-state index in [2.05, 4.69) is 13.8 Å². The normalized spacial score (nSPS) is 14.4. The molecule has 1 aliphatic heterocycles. The molecular formula is C26H22Cl2FNO2. The van der Waals surface area contributed by atoms with Crippen molar-refractivity contribution in [2.75, 3.05) is 11.4 Å². The zero-order valence-corrected chi connectivity index (χ0v) is 19.3. The number of fused-ring (bicyclic) bond motifs is 1. The molecule has 0 fully saturated rings. The first-order chi connectivity index (χ1) is 15.3. The Morgan fingerprint density at radius 3 is 2.34 bits per heavy atom. The Morgan fingerprint density at radius 1 is 1.03 bits per heavy atom. The van der Waals surface area contributed by atoms with Gasteiger partial charge in [0.2, 0.25) is 0 Å². The molecule has 32 heavy (non-hydrogen) atoms. The molecular weight excluding hydrogens is 448 g/mol. The maximum Gasteiger partial charge on any atom is 0.259 e. The molecule has 4 rings (SSSR count). The fraction of sp³-hybridized carbons (Fsp3) is 0.192. The van der Waals surface area contributed by atoms with Gasteiger partial charge in [-0.15, -0.1) is 0 Å². The van der Waals surface area contributed by atoms with Gasteiger partial charge >= 0.3 is 0 Å². The second-order valence-electron chi connectivity index (χ2n) is 8.11. The molecule has 0 bridgehead atoms. The molecule has 1 amide bonds. The maximum absolute atomic E-state index is 13.2. The number of nitrogens with zero attached hydrogens (tertiary/aromatic N) is 1. The summed E-state index contributed by atoms with van der Waals surface area (Å²) in [4.78, 5) is 15.0. The lowest BCUT2D eigenvalue weighted by molar-refractivity contribution is -0.113. The highest BCUT2D eigenvalue weighted by Gasteiger charge is 2.32. The number of anilines is 1. The predicted octanol–water partition coefficient (Wildman–Crippen LogP) is 7.25. The van der Waals surface area contributed by atoms with Gasteiger partial charge in [-0.25, -0.2) is 4.39 Å². The van der Waals surface area contributed by atoms with Crippen LogP contribution < -0.4 is 9.64 Å². The topological polar surface area (TPSA) is 29.5 Å². The lowest BCUT2D eigenvalue weighted by Crippen LogP contribution is -2.30. The number of amides is 1. The third kappa shape index (κ3) is 4.67. The molecule has 3 nitrogen and oxygen atoms in total. The first-order valence-electron chi connectivity index (χ1n) is 10.3. The number of halogens is 3. The molecule has 6 heteroatoms. The van der Waals surface area contributed by atoms with Crippen LogP contribution in [0.15, 0.2) is 60.7 Å². The van der Waals surface area contributed by atoms with Crippen LogP contribution in [0.4, 0.5) is 10.1 Å². The summed E-state index contributed by atoms with van der Waals surface area (Å²) in [5.74, 6) is 0.341. The van der Waals surface area contributed by atoms with E-state index in [4.69, 9.17) is 27.9 Å². The van der Waals surface area contributed by atoms with Gasteiger partial charge in [-0.1, -0.05) is 67.4 Å². The molecule has 0 aromatic heterocycles. The Hall–Kier alpha value is -2.82. The van der Waals surface area contributed by atoms with Crippen LogP contribution in [0.3, 0.4) is 0 Å². The highest BCUT2D eigenvalue weighted by molar-refractivity contribution is 6.38. The second kappa shape index (κ2) is 9.35. The van der Waals surface area contributed by atoms with E-state index < -0.39 is 0 Å². The number of hydrogen-bond donors (Lipinski definition) is 0. The SMILES string of the molecule is CC(C)CN1C(=O)/C(=C\c2cc(Cl)c(OCc3ccc(F)cc3)c(Cl)c2)c2ccccc21. The number of hydrogen-bond acceptors (Lipinski definition) is 2. The third-order valence-electron chi connectivity index (χ3n) is 5.14. The molecule has 0 spiro atoms. The third-order valence-corrected chi connectivity index (χ3v) is 5.70. The van der Waals surface area contributed by atoms with E-state index in [1.807, 2.05) is 35.2 Å². The summed E-state index contributed by atoms with van der Waals surface area (Å²) in [5.41, 5.74) is 3.91. The standard InChI is InChI=1S/C26H22Cl2FNO2/c1-16(2)14-30-24-6-4-3-5-20(24)21(26(30)31)11-18-12-22(27)25(23(28)13-18)32-15-17-7-9-19(29)10-8-17/h3-13,16H,14-15H2,1-2H3/b21-11-. The summed E-state index contributed by atoms with van der Waals surface area (Å²) in [6.07, 6.45) is 1.81. The fourth-order valence-corrected chi connectivity index (χ4v) is 4.31. The van der Waals surface area contributed by atoms with E-state index in [9.17, 15) is 9.18 Å². The minimum absolute atomic E-state index is 0.0382. The van der Waals surface area contributed by atoms with Gasteiger partial charge in [0.25, 0.3) is 5.91 Å². The minimum atomic E-state index is -0.308. The highest BCUT2D eigenvalue weighted by Crippen LogP contribution is 2.40. The van der Waals surface area contributed by atoms with Crippen molar-refractivity contribution < 1.29 is 13.9 Å². The maximum atomic E-state index is 13.2. The van der Waals surface area contributed by atoms with Crippen LogP contribution in [-0.2, 0) is 11.4 Å². The molecule has 0 aliphatic carbocycles. The molecule has 1 aliphatic rings. The van der Waals surface area contributed by atoms with Crippen LogP contribution in [0, 0.1) is 11.7 Å². The monoisotopic (exact) mass is 469 g/mol. The predicted molar refractivity (Wildman–Crippen MR) is 129 cm³/mol. The van der Waals surface area contributed by atoms with Crippen molar-refractivity contribution in [1.82, 2.24) is 0 Å².